The molecule has 0 spiro atoms. The lowest BCUT2D eigenvalue weighted by Gasteiger charge is -2.10. The molecule has 2 rings (SSSR count). The number of carbonyl (C=O) groups is 1. The Hall–Kier alpha value is -1.69. The Morgan fingerprint density at radius 3 is 2.71 bits per heavy atom. The summed E-state index contributed by atoms with van der Waals surface area (Å²) in [6.45, 7) is 3.88. The topological polar surface area (TPSA) is 68.0 Å². The van der Waals surface area contributed by atoms with Gasteiger partial charge in [-0.2, -0.15) is 0 Å². The summed E-state index contributed by atoms with van der Waals surface area (Å²) in [6, 6.07) is 3.88. The standard InChI is InChI=1S/C11H10BrN3O2/c1-6-3-7(2)10(8(12)4-6)15-9(11(16)17)5-13-14-15/h3-5H,1-2H3,(H,16,17). The van der Waals surface area contributed by atoms with Crippen LogP contribution in [-0.2, 0) is 0 Å². The van der Waals surface area contributed by atoms with Gasteiger partial charge in [0.05, 0.1) is 11.9 Å². The Bertz CT molecular complexity index is 569. The minimum absolute atomic E-state index is 0.0395. The zero-order valence-electron chi connectivity index (χ0n) is 9.31. The van der Waals surface area contributed by atoms with Gasteiger partial charge in [0.1, 0.15) is 0 Å². The normalized spacial score (nSPS) is 10.5. The second-order valence-corrected chi connectivity index (χ2v) is 4.60. The minimum Gasteiger partial charge on any atom is -0.476 e. The summed E-state index contributed by atoms with van der Waals surface area (Å²) < 4.78 is 2.12. The first-order valence-corrected chi connectivity index (χ1v) is 5.71. The van der Waals surface area contributed by atoms with Crippen LogP contribution in [0.5, 0.6) is 0 Å². The van der Waals surface area contributed by atoms with Gasteiger partial charge >= 0.3 is 5.97 Å². The maximum atomic E-state index is 11.0. The number of carboxylic acid groups (broad SMARTS) is 1. The van der Waals surface area contributed by atoms with Crippen LogP contribution in [0.4, 0.5) is 0 Å². The molecule has 5 nitrogen and oxygen atoms in total. The molecular formula is C11H10BrN3O2. The van der Waals surface area contributed by atoms with Crippen LogP contribution in [-0.4, -0.2) is 26.1 Å². The molecule has 0 bridgehead atoms. The van der Waals surface area contributed by atoms with E-state index >= 15 is 0 Å². The first-order valence-electron chi connectivity index (χ1n) is 4.92. The maximum Gasteiger partial charge on any atom is 0.356 e. The van der Waals surface area contributed by atoms with Gasteiger partial charge in [-0.3, -0.25) is 0 Å². The third kappa shape index (κ3) is 2.08. The smallest absolute Gasteiger partial charge is 0.356 e. The molecule has 0 amide bonds. The first kappa shape index (κ1) is 11.8. The number of rotatable bonds is 2. The predicted molar refractivity (Wildman–Crippen MR) is 65.5 cm³/mol. The van der Waals surface area contributed by atoms with Crippen molar-refractivity contribution in [3.05, 3.63) is 39.6 Å². The minimum atomic E-state index is -1.05. The fourth-order valence-electron chi connectivity index (χ4n) is 1.72. The molecule has 1 N–H and O–H groups in total. The number of carboxylic acids is 1. The summed E-state index contributed by atoms with van der Waals surface area (Å²) in [5.74, 6) is -1.05. The van der Waals surface area contributed by atoms with E-state index in [1.54, 1.807) is 0 Å². The number of aryl methyl sites for hydroxylation is 2. The molecular weight excluding hydrogens is 286 g/mol. The largest absolute Gasteiger partial charge is 0.476 e. The summed E-state index contributed by atoms with van der Waals surface area (Å²) in [5.41, 5.74) is 2.77. The number of benzene rings is 1. The molecule has 1 aromatic heterocycles. The van der Waals surface area contributed by atoms with Crippen LogP contribution in [0, 0.1) is 13.8 Å². The number of aromatic nitrogens is 3. The number of aromatic carboxylic acids is 1. The molecule has 0 aliphatic carbocycles. The molecule has 0 atom stereocenters. The third-order valence-corrected chi connectivity index (χ3v) is 2.98. The average molecular weight is 296 g/mol. The molecule has 88 valence electrons. The van der Waals surface area contributed by atoms with Crippen molar-refractivity contribution in [3.63, 3.8) is 0 Å². The lowest BCUT2D eigenvalue weighted by atomic mass is 10.1. The Morgan fingerprint density at radius 1 is 1.41 bits per heavy atom. The molecule has 0 aliphatic heterocycles. The Kier molecular flexibility index (Phi) is 2.97. The van der Waals surface area contributed by atoms with E-state index in [0.717, 1.165) is 15.6 Å². The molecule has 6 heteroatoms. The van der Waals surface area contributed by atoms with Gasteiger partial charge in [-0.05, 0) is 47.0 Å². The third-order valence-electron chi connectivity index (χ3n) is 2.38. The van der Waals surface area contributed by atoms with E-state index in [1.165, 1.54) is 10.9 Å². The second-order valence-electron chi connectivity index (χ2n) is 3.75. The van der Waals surface area contributed by atoms with Gasteiger partial charge in [0, 0.05) is 4.47 Å². The van der Waals surface area contributed by atoms with Gasteiger partial charge in [0.25, 0.3) is 0 Å². The lowest BCUT2D eigenvalue weighted by Crippen LogP contribution is -2.10. The highest BCUT2D eigenvalue weighted by Gasteiger charge is 2.17. The highest BCUT2D eigenvalue weighted by atomic mass is 79.9. The summed E-state index contributed by atoms with van der Waals surface area (Å²) in [6.07, 6.45) is 1.23. The quantitative estimate of drug-likeness (QED) is 0.923. The van der Waals surface area contributed by atoms with Gasteiger partial charge in [0.2, 0.25) is 0 Å². The first-order chi connectivity index (χ1) is 8.00. The summed E-state index contributed by atoms with van der Waals surface area (Å²) in [5, 5.41) is 16.5. The van der Waals surface area contributed by atoms with Crippen molar-refractivity contribution in [2.75, 3.05) is 0 Å². The number of hydrogen-bond donors (Lipinski definition) is 1. The van der Waals surface area contributed by atoms with Crippen LogP contribution in [0.3, 0.4) is 0 Å². The van der Waals surface area contributed by atoms with Crippen molar-refractivity contribution in [3.8, 4) is 5.69 Å². The van der Waals surface area contributed by atoms with E-state index in [9.17, 15) is 4.79 Å². The molecule has 1 heterocycles. The fourth-order valence-corrected chi connectivity index (χ4v) is 2.56. The van der Waals surface area contributed by atoms with Gasteiger partial charge in [0.15, 0.2) is 5.69 Å². The summed E-state index contributed by atoms with van der Waals surface area (Å²) in [7, 11) is 0. The van der Waals surface area contributed by atoms with Crippen molar-refractivity contribution in [1.82, 2.24) is 15.0 Å². The molecule has 1 aromatic carbocycles. The number of hydrogen-bond acceptors (Lipinski definition) is 3. The number of halogens is 1. The molecule has 17 heavy (non-hydrogen) atoms. The highest BCUT2D eigenvalue weighted by Crippen LogP contribution is 2.26. The van der Waals surface area contributed by atoms with Crippen LogP contribution < -0.4 is 0 Å². The zero-order chi connectivity index (χ0) is 12.6. The molecule has 0 saturated carbocycles. The molecule has 0 saturated heterocycles. The van der Waals surface area contributed by atoms with E-state index in [2.05, 4.69) is 26.2 Å². The fraction of sp³-hybridized carbons (Fsp3) is 0.182. The Balaban J connectivity index is 2.69. The SMILES string of the molecule is Cc1cc(C)c(-n2nncc2C(=O)O)c(Br)c1. The van der Waals surface area contributed by atoms with Crippen molar-refractivity contribution in [2.45, 2.75) is 13.8 Å². The average Bonchev–Trinajstić information content (AvgIpc) is 2.64. The van der Waals surface area contributed by atoms with Gasteiger partial charge in [-0.25, -0.2) is 9.48 Å². The van der Waals surface area contributed by atoms with Crippen LogP contribution in [0.1, 0.15) is 21.6 Å². The van der Waals surface area contributed by atoms with Crippen molar-refractivity contribution in [1.29, 1.82) is 0 Å². The van der Waals surface area contributed by atoms with Gasteiger partial charge in [-0.15, -0.1) is 5.10 Å². The highest BCUT2D eigenvalue weighted by molar-refractivity contribution is 9.10. The summed E-state index contributed by atoms with van der Waals surface area (Å²) >= 11 is 3.42. The van der Waals surface area contributed by atoms with Gasteiger partial charge in [-0.1, -0.05) is 11.3 Å². The molecule has 0 unspecified atom stereocenters. The second kappa shape index (κ2) is 4.29. The summed E-state index contributed by atoms with van der Waals surface area (Å²) in [4.78, 5) is 11.0. The Labute approximate surface area is 106 Å². The van der Waals surface area contributed by atoms with Crippen molar-refractivity contribution < 1.29 is 9.90 Å². The molecule has 0 radical (unpaired) electrons. The molecule has 0 fully saturated rings. The zero-order valence-corrected chi connectivity index (χ0v) is 10.9. The van der Waals surface area contributed by atoms with E-state index in [1.807, 2.05) is 26.0 Å². The number of nitrogens with zero attached hydrogens (tertiary/aromatic N) is 3. The van der Waals surface area contributed by atoms with Crippen LogP contribution >= 0.6 is 15.9 Å². The van der Waals surface area contributed by atoms with E-state index < -0.39 is 5.97 Å². The van der Waals surface area contributed by atoms with Crippen LogP contribution in [0.15, 0.2) is 22.8 Å². The predicted octanol–water partition coefficient (Wildman–Crippen LogP) is 2.34. The molecule has 0 aliphatic rings. The Morgan fingerprint density at radius 2 is 2.12 bits per heavy atom. The van der Waals surface area contributed by atoms with Crippen molar-refractivity contribution >= 4 is 21.9 Å². The lowest BCUT2D eigenvalue weighted by molar-refractivity contribution is 0.0687. The van der Waals surface area contributed by atoms with E-state index in [-0.39, 0.29) is 5.69 Å². The monoisotopic (exact) mass is 295 g/mol. The van der Waals surface area contributed by atoms with Crippen molar-refractivity contribution in [2.24, 2.45) is 0 Å². The van der Waals surface area contributed by atoms with Crippen LogP contribution in [0.2, 0.25) is 0 Å². The van der Waals surface area contributed by atoms with Gasteiger partial charge < -0.3 is 5.11 Å². The van der Waals surface area contributed by atoms with E-state index in [4.69, 9.17) is 5.11 Å². The van der Waals surface area contributed by atoms with E-state index in [0.29, 0.717) is 5.69 Å². The molecule has 2 aromatic rings. The van der Waals surface area contributed by atoms with Crippen LogP contribution in [0.25, 0.3) is 5.69 Å². The maximum absolute atomic E-state index is 11.0.